The van der Waals surface area contributed by atoms with Crippen LogP contribution in [0.4, 0.5) is 0 Å². The molecule has 138 valence electrons. The second kappa shape index (κ2) is 7.35. The van der Waals surface area contributed by atoms with Crippen molar-refractivity contribution in [1.82, 2.24) is 19.9 Å². The predicted molar refractivity (Wildman–Crippen MR) is 106 cm³/mol. The van der Waals surface area contributed by atoms with Gasteiger partial charge in [0.1, 0.15) is 5.69 Å². The minimum absolute atomic E-state index is 0.0329. The molecule has 1 aliphatic rings. The van der Waals surface area contributed by atoms with Crippen LogP contribution in [0.5, 0.6) is 0 Å². The van der Waals surface area contributed by atoms with E-state index >= 15 is 0 Å². The van der Waals surface area contributed by atoms with E-state index in [1.807, 2.05) is 65.6 Å². The molecular formula is C22H24N4O. The summed E-state index contributed by atoms with van der Waals surface area (Å²) in [4.78, 5) is 15.3. The van der Waals surface area contributed by atoms with Crippen LogP contribution in [0.25, 0.3) is 16.9 Å². The topological polar surface area (TPSA) is 51.0 Å². The average Bonchev–Trinajstić information content (AvgIpc) is 3.13. The highest BCUT2D eigenvalue weighted by molar-refractivity contribution is 5.98. The number of benzene rings is 2. The van der Waals surface area contributed by atoms with Crippen LogP contribution < -0.4 is 0 Å². The molecular weight excluding hydrogens is 336 g/mol. The van der Waals surface area contributed by atoms with Gasteiger partial charge >= 0.3 is 0 Å². The molecule has 1 saturated heterocycles. The van der Waals surface area contributed by atoms with Gasteiger partial charge in [-0.1, -0.05) is 67.6 Å². The molecule has 0 aliphatic carbocycles. The monoisotopic (exact) mass is 360 g/mol. The summed E-state index contributed by atoms with van der Waals surface area (Å²) in [6.45, 7) is 5.95. The van der Waals surface area contributed by atoms with E-state index in [9.17, 15) is 4.79 Å². The normalized spacial score (nSPS) is 19.9. The van der Waals surface area contributed by atoms with Gasteiger partial charge < -0.3 is 4.90 Å². The van der Waals surface area contributed by atoms with Gasteiger partial charge in [0.15, 0.2) is 5.69 Å². The van der Waals surface area contributed by atoms with Crippen molar-refractivity contribution >= 4 is 5.91 Å². The zero-order valence-corrected chi connectivity index (χ0v) is 15.7. The fourth-order valence-electron chi connectivity index (χ4n) is 4.01. The maximum absolute atomic E-state index is 13.3. The van der Waals surface area contributed by atoms with Gasteiger partial charge in [-0.3, -0.25) is 4.79 Å². The minimum Gasteiger partial charge on any atom is -0.337 e. The molecule has 2 aromatic carbocycles. The third-order valence-electron chi connectivity index (χ3n) is 5.08. The maximum Gasteiger partial charge on any atom is 0.276 e. The summed E-state index contributed by atoms with van der Waals surface area (Å²) in [5.74, 6) is 0.971. The lowest BCUT2D eigenvalue weighted by atomic mass is 9.91. The molecule has 0 spiro atoms. The standard InChI is InChI=1S/C22H24N4O/c1-16-13-17(2)15-25(14-16)22(27)20-21(18-9-5-3-6-10-18)26(24-23-20)19-11-7-4-8-12-19/h3-12,16-17H,13-15H2,1-2H3. The highest BCUT2D eigenvalue weighted by atomic mass is 16.2. The van der Waals surface area contributed by atoms with Crippen molar-refractivity contribution in [2.24, 2.45) is 11.8 Å². The number of carbonyl (C=O) groups is 1. The number of para-hydroxylation sites is 1. The molecule has 5 nitrogen and oxygen atoms in total. The van der Waals surface area contributed by atoms with E-state index in [-0.39, 0.29) is 5.91 Å². The van der Waals surface area contributed by atoms with Gasteiger partial charge in [0.05, 0.1) is 5.69 Å². The van der Waals surface area contributed by atoms with Gasteiger partial charge in [-0.25, -0.2) is 4.68 Å². The van der Waals surface area contributed by atoms with Crippen LogP contribution in [-0.2, 0) is 0 Å². The Kier molecular flexibility index (Phi) is 4.75. The Labute approximate surface area is 159 Å². The SMILES string of the molecule is CC1CC(C)CN(C(=O)c2nnn(-c3ccccc3)c2-c2ccccc2)C1. The summed E-state index contributed by atoms with van der Waals surface area (Å²) in [6.07, 6.45) is 1.16. The number of amides is 1. The van der Waals surface area contributed by atoms with Crippen molar-refractivity contribution in [2.75, 3.05) is 13.1 Å². The van der Waals surface area contributed by atoms with E-state index in [0.29, 0.717) is 17.5 Å². The van der Waals surface area contributed by atoms with Gasteiger partial charge in [-0.2, -0.15) is 0 Å². The summed E-state index contributed by atoms with van der Waals surface area (Å²) >= 11 is 0. The number of nitrogens with zero attached hydrogens (tertiary/aromatic N) is 4. The molecule has 3 aromatic rings. The van der Waals surface area contributed by atoms with E-state index in [2.05, 4.69) is 24.2 Å². The molecule has 0 radical (unpaired) electrons. The Morgan fingerprint density at radius 3 is 2.15 bits per heavy atom. The summed E-state index contributed by atoms with van der Waals surface area (Å²) in [7, 11) is 0. The minimum atomic E-state index is -0.0329. The number of hydrogen-bond donors (Lipinski definition) is 0. The highest BCUT2D eigenvalue weighted by Gasteiger charge is 2.30. The molecule has 1 aliphatic heterocycles. The van der Waals surface area contributed by atoms with Crippen LogP contribution in [0, 0.1) is 11.8 Å². The average molecular weight is 360 g/mol. The molecule has 0 bridgehead atoms. The predicted octanol–water partition coefficient (Wildman–Crippen LogP) is 4.05. The lowest BCUT2D eigenvalue weighted by Crippen LogP contribution is -2.42. The largest absolute Gasteiger partial charge is 0.337 e. The van der Waals surface area contributed by atoms with Crippen LogP contribution in [0.2, 0.25) is 0 Å². The first-order chi connectivity index (χ1) is 13.1. The molecule has 5 heteroatoms. The number of rotatable bonds is 3. The summed E-state index contributed by atoms with van der Waals surface area (Å²) in [5, 5.41) is 8.65. The summed E-state index contributed by atoms with van der Waals surface area (Å²) in [5.41, 5.74) is 3.00. The van der Waals surface area contributed by atoms with E-state index in [4.69, 9.17) is 0 Å². The van der Waals surface area contributed by atoms with Crippen molar-refractivity contribution in [2.45, 2.75) is 20.3 Å². The molecule has 2 atom stereocenters. The molecule has 0 saturated carbocycles. The van der Waals surface area contributed by atoms with Crippen LogP contribution in [0.3, 0.4) is 0 Å². The fourth-order valence-corrected chi connectivity index (χ4v) is 4.01. The first-order valence-corrected chi connectivity index (χ1v) is 9.49. The second-order valence-electron chi connectivity index (χ2n) is 7.56. The lowest BCUT2D eigenvalue weighted by Gasteiger charge is -2.34. The number of hydrogen-bond acceptors (Lipinski definition) is 3. The van der Waals surface area contributed by atoms with Gasteiger partial charge in [-0.15, -0.1) is 5.10 Å². The van der Waals surface area contributed by atoms with Gasteiger partial charge in [0.2, 0.25) is 0 Å². The third-order valence-corrected chi connectivity index (χ3v) is 5.08. The molecule has 27 heavy (non-hydrogen) atoms. The molecule has 1 aromatic heterocycles. The summed E-state index contributed by atoms with van der Waals surface area (Å²) in [6, 6.07) is 19.7. The number of piperidine rings is 1. The third kappa shape index (κ3) is 3.50. The van der Waals surface area contributed by atoms with Gasteiger partial charge in [0, 0.05) is 18.7 Å². The molecule has 1 amide bonds. The lowest BCUT2D eigenvalue weighted by molar-refractivity contribution is 0.0618. The Bertz CT molecular complexity index is 910. The zero-order chi connectivity index (χ0) is 18.8. The van der Waals surface area contributed by atoms with E-state index in [0.717, 1.165) is 36.5 Å². The first-order valence-electron chi connectivity index (χ1n) is 9.49. The Morgan fingerprint density at radius 2 is 1.52 bits per heavy atom. The maximum atomic E-state index is 13.3. The first kappa shape index (κ1) is 17.5. The van der Waals surface area contributed by atoms with Crippen LogP contribution >= 0.6 is 0 Å². The van der Waals surface area contributed by atoms with Crippen LogP contribution in [0.15, 0.2) is 60.7 Å². The smallest absolute Gasteiger partial charge is 0.276 e. The van der Waals surface area contributed by atoms with E-state index in [1.165, 1.54) is 0 Å². The number of carbonyl (C=O) groups excluding carboxylic acids is 1. The van der Waals surface area contributed by atoms with Gasteiger partial charge in [-0.05, 0) is 30.4 Å². The molecule has 0 N–H and O–H groups in total. The zero-order valence-electron chi connectivity index (χ0n) is 15.7. The van der Waals surface area contributed by atoms with Crippen molar-refractivity contribution in [3.05, 3.63) is 66.4 Å². The van der Waals surface area contributed by atoms with Crippen molar-refractivity contribution in [3.63, 3.8) is 0 Å². The Hall–Kier alpha value is -2.95. The van der Waals surface area contributed by atoms with E-state index in [1.54, 1.807) is 4.68 Å². The number of aromatic nitrogens is 3. The molecule has 2 unspecified atom stereocenters. The highest BCUT2D eigenvalue weighted by Crippen LogP contribution is 2.28. The summed E-state index contributed by atoms with van der Waals surface area (Å²) < 4.78 is 1.76. The molecule has 1 fully saturated rings. The van der Waals surface area contributed by atoms with Crippen LogP contribution in [-0.4, -0.2) is 38.9 Å². The van der Waals surface area contributed by atoms with E-state index < -0.39 is 0 Å². The van der Waals surface area contributed by atoms with Crippen LogP contribution in [0.1, 0.15) is 30.8 Å². The number of likely N-dealkylation sites (tertiary alicyclic amines) is 1. The molecule has 4 rings (SSSR count). The van der Waals surface area contributed by atoms with Gasteiger partial charge in [0.25, 0.3) is 5.91 Å². The van der Waals surface area contributed by atoms with Crippen molar-refractivity contribution in [3.8, 4) is 16.9 Å². The second-order valence-corrected chi connectivity index (χ2v) is 7.56. The Balaban J connectivity index is 1.79. The van der Waals surface area contributed by atoms with Crippen molar-refractivity contribution in [1.29, 1.82) is 0 Å². The van der Waals surface area contributed by atoms with Crippen molar-refractivity contribution < 1.29 is 4.79 Å². The quantitative estimate of drug-likeness (QED) is 0.708. The fraction of sp³-hybridized carbons (Fsp3) is 0.318. The Morgan fingerprint density at radius 1 is 0.926 bits per heavy atom. The molecule has 2 heterocycles.